The first-order chi connectivity index (χ1) is 12.8. The highest BCUT2D eigenvalue weighted by Crippen LogP contribution is 2.35. The summed E-state index contributed by atoms with van der Waals surface area (Å²) in [6.07, 6.45) is -0.104. The van der Waals surface area contributed by atoms with E-state index in [2.05, 4.69) is 10.3 Å². The van der Waals surface area contributed by atoms with Crippen LogP contribution in [0.15, 0.2) is 48.8 Å². The van der Waals surface area contributed by atoms with Crippen LogP contribution in [0.3, 0.4) is 0 Å². The number of alkyl halides is 3. The van der Waals surface area contributed by atoms with Gasteiger partial charge in [0.1, 0.15) is 6.04 Å². The molecule has 0 spiro atoms. The van der Waals surface area contributed by atoms with Crippen molar-refractivity contribution in [3.05, 3.63) is 65.0 Å². The predicted molar refractivity (Wildman–Crippen MR) is 97.0 cm³/mol. The normalized spacial score (nSPS) is 16.6. The largest absolute Gasteiger partial charge is 0.417 e. The van der Waals surface area contributed by atoms with Crippen molar-refractivity contribution >= 4 is 29.0 Å². The molecular formula is C18H16ClF3N4O. The van der Waals surface area contributed by atoms with Crippen LogP contribution in [-0.4, -0.2) is 16.9 Å². The summed E-state index contributed by atoms with van der Waals surface area (Å²) in [5.74, 6) is -0.180. The maximum absolute atomic E-state index is 12.8. The Morgan fingerprint density at radius 1 is 1.33 bits per heavy atom. The van der Waals surface area contributed by atoms with Crippen LogP contribution in [-0.2, 0) is 17.5 Å². The van der Waals surface area contributed by atoms with Gasteiger partial charge in [-0.15, -0.1) is 0 Å². The molecule has 0 fully saturated rings. The van der Waals surface area contributed by atoms with Gasteiger partial charge in [0.05, 0.1) is 10.6 Å². The number of nitrogens with one attached hydrogen (secondary N) is 1. The second-order valence-corrected chi connectivity index (χ2v) is 6.44. The quantitative estimate of drug-likeness (QED) is 0.772. The average molecular weight is 397 g/mol. The van der Waals surface area contributed by atoms with Gasteiger partial charge >= 0.3 is 6.18 Å². The average Bonchev–Trinajstić information content (AvgIpc) is 3.09. The van der Waals surface area contributed by atoms with Gasteiger partial charge in [-0.05, 0) is 30.2 Å². The highest BCUT2D eigenvalue weighted by Gasteiger charge is 2.34. The summed E-state index contributed by atoms with van der Waals surface area (Å²) < 4.78 is 38.3. The number of carbonyl (C=O) groups is 1. The van der Waals surface area contributed by atoms with E-state index in [-0.39, 0.29) is 16.7 Å². The van der Waals surface area contributed by atoms with Gasteiger partial charge in [0.25, 0.3) is 0 Å². The lowest BCUT2D eigenvalue weighted by Gasteiger charge is -2.25. The molecule has 2 heterocycles. The van der Waals surface area contributed by atoms with Crippen LogP contribution in [0.25, 0.3) is 0 Å². The molecule has 1 aromatic heterocycles. The van der Waals surface area contributed by atoms with E-state index < -0.39 is 17.8 Å². The molecule has 1 unspecified atom stereocenters. The molecule has 3 rings (SSSR count). The number of carbonyl (C=O) groups excluding carboxylic acids is 1. The van der Waals surface area contributed by atoms with E-state index in [0.717, 1.165) is 11.6 Å². The number of aromatic nitrogens is 1. The van der Waals surface area contributed by atoms with Crippen molar-refractivity contribution < 1.29 is 18.0 Å². The lowest BCUT2D eigenvalue weighted by molar-refractivity contribution is -0.137. The van der Waals surface area contributed by atoms with Crippen molar-refractivity contribution in [2.75, 3.05) is 10.6 Å². The highest BCUT2D eigenvalue weighted by atomic mass is 35.5. The van der Waals surface area contributed by atoms with Crippen molar-refractivity contribution in [1.82, 2.24) is 10.3 Å². The highest BCUT2D eigenvalue weighted by molar-refractivity contribution is 6.33. The molecule has 1 aromatic carbocycles. The third kappa shape index (κ3) is 4.33. The summed E-state index contributed by atoms with van der Waals surface area (Å²) in [5.41, 5.74) is 6.18. The Labute approximate surface area is 158 Å². The fraction of sp³-hybridized carbons (Fsp3) is 0.222. The van der Waals surface area contributed by atoms with Gasteiger partial charge in [0, 0.05) is 24.6 Å². The zero-order valence-electron chi connectivity index (χ0n) is 14.0. The zero-order chi connectivity index (χ0) is 19.6. The topological polar surface area (TPSA) is 71.2 Å². The fourth-order valence-electron chi connectivity index (χ4n) is 2.69. The Morgan fingerprint density at radius 3 is 2.67 bits per heavy atom. The maximum atomic E-state index is 12.8. The predicted octanol–water partition coefficient (Wildman–Crippen LogP) is 3.74. The number of nitrogens with zero attached hydrogens (tertiary/aromatic N) is 2. The molecule has 0 radical (unpaired) electrons. The van der Waals surface area contributed by atoms with Crippen LogP contribution in [0.5, 0.6) is 0 Å². The number of nitrogens with two attached hydrogens (primary N) is 1. The number of amides is 1. The molecule has 2 aromatic rings. The molecular weight excluding hydrogens is 381 g/mol. The van der Waals surface area contributed by atoms with Crippen molar-refractivity contribution in [2.45, 2.75) is 25.2 Å². The third-order valence-corrected chi connectivity index (χ3v) is 4.38. The molecule has 142 valence electrons. The summed E-state index contributed by atoms with van der Waals surface area (Å²) in [4.78, 5) is 17.8. The van der Waals surface area contributed by atoms with Crippen molar-refractivity contribution in [2.24, 2.45) is 0 Å². The van der Waals surface area contributed by atoms with Crippen molar-refractivity contribution in [3.8, 4) is 0 Å². The molecule has 5 nitrogen and oxygen atoms in total. The molecule has 3 N–H and O–H groups in total. The minimum Gasteiger partial charge on any atom is -0.399 e. The minimum absolute atomic E-state index is 0.103. The van der Waals surface area contributed by atoms with E-state index in [9.17, 15) is 18.0 Å². The summed E-state index contributed by atoms with van der Waals surface area (Å²) in [6.45, 7) is 0.303. The first-order valence-electron chi connectivity index (χ1n) is 8.05. The summed E-state index contributed by atoms with van der Waals surface area (Å²) >= 11 is 5.99. The Balaban J connectivity index is 1.72. The van der Waals surface area contributed by atoms with Gasteiger partial charge in [-0.25, -0.2) is 4.98 Å². The molecule has 0 aliphatic carbocycles. The zero-order valence-corrected chi connectivity index (χ0v) is 14.8. The molecule has 1 atom stereocenters. The summed E-state index contributed by atoms with van der Waals surface area (Å²) in [6, 6.07) is 7.23. The number of anilines is 2. The molecule has 0 bridgehead atoms. The Morgan fingerprint density at radius 2 is 2.04 bits per heavy atom. The summed E-state index contributed by atoms with van der Waals surface area (Å²) in [7, 11) is 0. The van der Waals surface area contributed by atoms with E-state index in [1.807, 2.05) is 0 Å². The fourth-order valence-corrected chi connectivity index (χ4v) is 2.95. The second-order valence-electron chi connectivity index (χ2n) is 6.03. The van der Waals surface area contributed by atoms with E-state index in [1.54, 1.807) is 36.5 Å². The van der Waals surface area contributed by atoms with Crippen molar-refractivity contribution in [1.29, 1.82) is 0 Å². The molecule has 27 heavy (non-hydrogen) atoms. The monoisotopic (exact) mass is 396 g/mol. The Hall–Kier alpha value is -2.74. The van der Waals surface area contributed by atoms with Gasteiger partial charge in [0.15, 0.2) is 5.82 Å². The molecule has 0 saturated heterocycles. The Kier molecular flexibility index (Phi) is 5.27. The number of halogens is 4. The van der Waals surface area contributed by atoms with Crippen LogP contribution in [0.4, 0.5) is 24.7 Å². The van der Waals surface area contributed by atoms with Crippen molar-refractivity contribution in [3.63, 3.8) is 0 Å². The van der Waals surface area contributed by atoms with E-state index >= 15 is 0 Å². The van der Waals surface area contributed by atoms with Gasteiger partial charge in [-0.2, -0.15) is 13.2 Å². The number of pyridine rings is 1. The molecule has 1 aliphatic heterocycles. The van der Waals surface area contributed by atoms with Crippen LogP contribution in [0, 0.1) is 0 Å². The third-order valence-electron chi connectivity index (χ3n) is 4.10. The van der Waals surface area contributed by atoms with E-state index in [0.29, 0.717) is 24.8 Å². The lowest BCUT2D eigenvalue weighted by Crippen LogP contribution is -2.42. The van der Waals surface area contributed by atoms with Crippen LogP contribution in [0.1, 0.15) is 17.5 Å². The Bertz CT molecular complexity index is 868. The van der Waals surface area contributed by atoms with Crippen LogP contribution < -0.4 is 16.0 Å². The second kappa shape index (κ2) is 7.48. The lowest BCUT2D eigenvalue weighted by atomic mass is 10.1. The SMILES string of the molecule is Nc1ccc(CNC(=O)C2CC=CN2c2ncc(C(F)(F)F)cc2Cl)cc1. The smallest absolute Gasteiger partial charge is 0.399 e. The molecule has 1 aliphatic rings. The first kappa shape index (κ1) is 19.0. The van der Waals surface area contributed by atoms with E-state index in [4.69, 9.17) is 17.3 Å². The number of benzene rings is 1. The molecule has 9 heteroatoms. The van der Waals surface area contributed by atoms with Crippen LogP contribution >= 0.6 is 11.6 Å². The minimum atomic E-state index is -4.54. The number of hydrogen-bond donors (Lipinski definition) is 2. The van der Waals surface area contributed by atoms with Gasteiger partial charge in [0.2, 0.25) is 5.91 Å². The van der Waals surface area contributed by atoms with E-state index in [1.165, 1.54) is 4.90 Å². The van der Waals surface area contributed by atoms with Crippen LogP contribution in [0.2, 0.25) is 5.02 Å². The van der Waals surface area contributed by atoms with Gasteiger partial charge < -0.3 is 16.0 Å². The number of nitrogen functional groups attached to an aromatic ring is 1. The first-order valence-corrected chi connectivity index (χ1v) is 8.43. The number of hydrogen-bond acceptors (Lipinski definition) is 4. The number of rotatable bonds is 4. The molecule has 0 saturated carbocycles. The maximum Gasteiger partial charge on any atom is 0.417 e. The van der Waals surface area contributed by atoms with Gasteiger partial charge in [-0.3, -0.25) is 4.79 Å². The van der Waals surface area contributed by atoms with Gasteiger partial charge in [-0.1, -0.05) is 29.8 Å². The standard InChI is InChI=1S/C18H16ClF3N4O/c19-14-8-12(18(20,21)22)10-24-16(14)26-7-1-2-15(26)17(27)25-9-11-3-5-13(23)6-4-11/h1,3-8,10,15H,2,9,23H2,(H,25,27). The summed E-state index contributed by atoms with van der Waals surface area (Å²) in [5, 5.41) is 2.63. The molecule has 1 amide bonds.